The number of hydrogen-bond donors (Lipinski definition) is 1. The van der Waals surface area contributed by atoms with E-state index < -0.39 is 5.60 Å². The molecule has 1 aromatic heterocycles. The van der Waals surface area contributed by atoms with Gasteiger partial charge in [-0.05, 0) is 38.0 Å². The molecule has 2 rings (SSSR count). The standard InChI is InChI=1S/C17H21NO2/c1-4-15-16(11-10-13(2)18-15)20-12-17(3,19)14-8-6-5-7-9-14/h5-11,19H,4,12H2,1-3H3. The van der Waals surface area contributed by atoms with Gasteiger partial charge in [0.15, 0.2) is 0 Å². The monoisotopic (exact) mass is 271 g/mol. The number of aliphatic hydroxyl groups is 1. The smallest absolute Gasteiger partial charge is 0.140 e. The van der Waals surface area contributed by atoms with Gasteiger partial charge in [-0.2, -0.15) is 0 Å². The van der Waals surface area contributed by atoms with Crippen LogP contribution >= 0.6 is 0 Å². The molecule has 0 amide bonds. The van der Waals surface area contributed by atoms with Crippen LogP contribution in [-0.4, -0.2) is 16.7 Å². The highest BCUT2D eigenvalue weighted by atomic mass is 16.5. The lowest BCUT2D eigenvalue weighted by atomic mass is 9.97. The lowest BCUT2D eigenvalue weighted by molar-refractivity contribution is 0.00718. The Kier molecular flexibility index (Phi) is 4.40. The maximum Gasteiger partial charge on any atom is 0.140 e. The molecule has 3 nitrogen and oxygen atoms in total. The van der Waals surface area contributed by atoms with Crippen molar-refractivity contribution < 1.29 is 9.84 Å². The predicted octanol–water partition coefficient (Wildman–Crippen LogP) is 3.24. The highest BCUT2D eigenvalue weighted by molar-refractivity contribution is 5.30. The van der Waals surface area contributed by atoms with E-state index in [0.29, 0.717) is 0 Å². The Bertz CT molecular complexity index is 564. The van der Waals surface area contributed by atoms with Gasteiger partial charge in [0, 0.05) is 5.69 Å². The van der Waals surface area contributed by atoms with E-state index in [-0.39, 0.29) is 6.61 Å². The number of hydrogen-bond acceptors (Lipinski definition) is 3. The van der Waals surface area contributed by atoms with Gasteiger partial charge in [0.25, 0.3) is 0 Å². The van der Waals surface area contributed by atoms with Gasteiger partial charge in [0.05, 0.1) is 5.69 Å². The van der Waals surface area contributed by atoms with Gasteiger partial charge in [0.2, 0.25) is 0 Å². The summed E-state index contributed by atoms with van der Waals surface area (Å²) in [6.45, 7) is 5.97. The molecule has 1 atom stereocenters. The van der Waals surface area contributed by atoms with Crippen LogP contribution in [-0.2, 0) is 12.0 Å². The summed E-state index contributed by atoms with van der Waals surface area (Å²) in [6.07, 6.45) is 0.810. The average Bonchev–Trinajstić information content (AvgIpc) is 2.46. The summed E-state index contributed by atoms with van der Waals surface area (Å²) in [6, 6.07) is 13.4. The van der Waals surface area contributed by atoms with E-state index in [9.17, 15) is 5.11 Å². The van der Waals surface area contributed by atoms with Crippen LogP contribution in [0.25, 0.3) is 0 Å². The Labute approximate surface area is 120 Å². The van der Waals surface area contributed by atoms with Crippen LogP contribution in [0.15, 0.2) is 42.5 Å². The summed E-state index contributed by atoms with van der Waals surface area (Å²) in [5, 5.41) is 10.5. The summed E-state index contributed by atoms with van der Waals surface area (Å²) < 4.78 is 5.79. The summed E-state index contributed by atoms with van der Waals surface area (Å²) >= 11 is 0. The predicted molar refractivity (Wildman–Crippen MR) is 79.9 cm³/mol. The van der Waals surface area contributed by atoms with E-state index in [2.05, 4.69) is 4.98 Å². The van der Waals surface area contributed by atoms with Crippen molar-refractivity contribution in [3.8, 4) is 5.75 Å². The topological polar surface area (TPSA) is 42.4 Å². The van der Waals surface area contributed by atoms with Gasteiger partial charge in [-0.1, -0.05) is 37.3 Å². The first-order valence-corrected chi connectivity index (χ1v) is 6.90. The maximum absolute atomic E-state index is 10.5. The molecule has 0 spiro atoms. The molecule has 2 aromatic rings. The highest BCUT2D eigenvalue weighted by Gasteiger charge is 2.24. The van der Waals surface area contributed by atoms with E-state index in [1.807, 2.05) is 56.3 Å². The summed E-state index contributed by atoms with van der Waals surface area (Å²) in [4.78, 5) is 4.46. The van der Waals surface area contributed by atoms with Crippen LogP contribution in [0.3, 0.4) is 0 Å². The highest BCUT2D eigenvalue weighted by Crippen LogP contribution is 2.24. The minimum absolute atomic E-state index is 0.203. The maximum atomic E-state index is 10.5. The third-order valence-electron chi connectivity index (χ3n) is 3.31. The lowest BCUT2D eigenvalue weighted by Gasteiger charge is -2.24. The molecule has 1 N–H and O–H groups in total. The first-order chi connectivity index (χ1) is 9.53. The van der Waals surface area contributed by atoms with Gasteiger partial charge < -0.3 is 9.84 Å². The molecule has 1 heterocycles. The zero-order chi connectivity index (χ0) is 14.6. The van der Waals surface area contributed by atoms with Gasteiger partial charge in [-0.15, -0.1) is 0 Å². The molecule has 1 unspecified atom stereocenters. The quantitative estimate of drug-likeness (QED) is 0.907. The number of aryl methyl sites for hydroxylation is 2. The molecule has 0 aliphatic carbocycles. The molecule has 0 aliphatic rings. The zero-order valence-electron chi connectivity index (χ0n) is 12.3. The van der Waals surface area contributed by atoms with Crippen LogP contribution in [0.2, 0.25) is 0 Å². The lowest BCUT2D eigenvalue weighted by Crippen LogP contribution is -2.29. The molecule has 0 bridgehead atoms. The largest absolute Gasteiger partial charge is 0.488 e. The van der Waals surface area contributed by atoms with Crippen LogP contribution in [0, 0.1) is 6.92 Å². The molecule has 106 valence electrons. The van der Waals surface area contributed by atoms with Crippen molar-refractivity contribution >= 4 is 0 Å². The normalized spacial score (nSPS) is 13.8. The molecule has 1 aromatic carbocycles. The molecule has 20 heavy (non-hydrogen) atoms. The Morgan fingerprint density at radius 3 is 2.50 bits per heavy atom. The van der Waals surface area contributed by atoms with Crippen LogP contribution in [0.5, 0.6) is 5.75 Å². The van der Waals surface area contributed by atoms with E-state index in [4.69, 9.17) is 4.74 Å². The second kappa shape index (κ2) is 6.06. The molecule has 0 aliphatic heterocycles. The number of pyridine rings is 1. The zero-order valence-corrected chi connectivity index (χ0v) is 12.3. The Morgan fingerprint density at radius 1 is 1.15 bits per heavy atom. The molecule has 0 fully saturated rings. The number of nitrogens with zero attached hydrogens (tertiary/aromatic N) is 1. The van der Waals surface area contributed by atoms with E-state index in [1.165, 1.54) is 0 Å². The molecule has 0 radical (unpaired) electrons. The molecular formula is C17H21NO2. The molecule has 0 saturated carbocycles. The number of aromatic nitrogens is 1. The first-order valence-electron chi connectivity index (χ1n) is 6.90. The van der Waals surface area contributed by atoms with Crippen LogP contribution in [0.1, 0.15) is 30.8 Å². The Balaban J connectivity index is 2.12. The second-order valence-electron chi connectivity index (χ2n) is 5.18. The van der Waals surface area contributed by atoms with Crippen molar-refractivity contribution in [2.24, 2.45) is 0 Å². The fraction of sp³-hybridized carbons (Fsp3) is 0.353. The van der Waals surface area contributed by atoms with Gasteiger partial charge in [-0.3, -0.25) is 4.98 Å². The van der Waals surface area contributed by atoms with Crippen molar-refractivity contribution in [2.45, 2.75) is 32.8 Å². The first kappa shape index (κ1) is 14.5. The van der Waals surface area contributed by atoms with Crippen molar-refractivity contribution in [3.63, 3.8) is 0 Å². The summed E-state index contributed by atoms with van der Waals surface area (Å²) in [5.41, 5.74) is 1.73. The Hall–Kier alpha value is -1.87. The molecule has 0 saturated heterocycles. The van der Waals surface area contributed by atoms with E-state index in [0.717, 1.165) is 29.1 Å². The van der Waals surface area contributed by atoms with Gasteiger partial charge >= 0.3 is 0 Å². The van der Waals surface area contributed by atoms with Crippen molar-refractivity contribution in [2.75, 3.05) is 6.61 Å². The van der Waals surface area contributed by atoms with Crippen molar-refractivity contribution in [3.05, 3.63) is 59.4 Å². The fourth-order valence-corrected chi connectivity index (χ4v) is 2.08. The van der Waals surface area contributed by atoms with Crippen LogP contribution in [0.4, 0.5) is 0 Å². The number of benzene rings is 1. The SMILES string of the molecule is CCc1nc(C)ccc1OCC(C)(O)c1ccccc1. The summed E-state index contributed by atoms with van der Waals surface area (Å²) in [7, 11) is 0. The van der Waals surface area contributed by atoms with E-state index in [1.54, 1.807) is 6.92 Å². The second-order valence-corrected chi connectivity index (χ2v) is 5.18. The van der Waals surface area contributed by atoms with Crippen molar-refractivity contribution in [1.29, 1.82) is 0 Å². The Morgan fingerprint density at radius 2 is 1.85 bits per heavy atom. The van der Waals surface area contributed by atoms with Crippen molar-refractivity contribution in [1.82, 2.24) is 4.98 Å². The molecule has 3 heteroatoms. The third kappa shape index (κ3) is 3.36. The summed E-state index contributed by atoms with van der Waals surface area (Å²) in [5.74, 6) is 0.745. The third-order valence-corrected chi connectivity index (χ3v) is 3.31. The fourth-order valence-electron chi connectivity index (χ4n) is 2.08. The van der Waals surface area contributed by atoms with Crippen LogP contribution < -0.4 is 4.74 Å². The number of rotatable bonds is 5. The minimum Gasteiger partial charge on any atom is -0.488 e. The molecular weight excluding hydrogens is 250 g/mol. The number of ether oxygens (including phenoxy) is 1. The minimum atomic E-state index is -1.02. The van der Waals surface area contributed by atoms with Gasteiger partial charge in [-0.25, -0.2) is 0 Å². The van der Waals surface area contributed by atoms with Gasteiger partial charge in [0.1, 0.15) is 18.0 Å². The average molecular weight is 271 g/mol. The van der Waals surface area contributed by atoms with E-state index >= 15 is 0 Å².